The third kappa shape index (κ3) is 5.86. The summed E-state index contributed by atoms with van der Waals surface area (Å²) < 4.78 is 111. The van der Waals surface area contributed by atoms with E-state index in [0.29, 0.717) is 5.76 Å². The van der Waals surface area contributed by atoms with Gasteiger partial charge in [-0.15, -0.1) is 0 Å². The first-order valence-corrected chi connectivity index (χ1v) is 10.5. The molecule has 0 atom stereocenters. The van der Waals surface area contributed by atoms with Gasteiger partial charge in [-0.25, -0.2) is 8.42 Å². The van der Waals surface area contributed by atoms with E-state index in [9.17, 15) is 39.6 Å². The molecule has 1 amide bonds. The van der Waals surface area contributed by atoms with E-state index in [-0.39, 0.29) is 36.0 Å². The summed E-state index contributed by atoms with van der Waals surface area (Å²) in [5.74, 6) is -0.366. The summed E-state index contributed by atoms with van der Waals surface area (Å²) in [5, 5.41) is 2.46. The van der Waals surface area contributed by atoms with Crippen molar-refractivity contribution in [3.63, 3.8) is 0 Å². The zero-order valence-electron chi connectivity index (χ0n) is 16.3. The molecule has 0 unspecified atom stereocenters. The molecule has 33 heavy (non-hydrogen) atoms. The van der Waals surface area contributed by atoms with Crippen LogP contribution in [-0.2, 0) is 28.9 Å². The molecule has 0 aliphatic carbocycles. The van der Waals surface area contributed by atoms with E-state index in [1.165, 1.54) is 24.5 Å². The number of hydrogen-bond donors (Lipinski definition) is 2. The molecule has 3 aromatic rings. The molecule has 2 aromatic carbocycles. The molecule has 0 aliphatic heterocycles. The Kier molecular flexibility index (Phi) is 6.45. The molecule has 2 N–H and O–H groups in total. The van der Waals surface area contributed by atoms with Crippen molar-refractivity contribution in [2.24, 2.45) is 0 Å². The standard InChI is InChI=1S/C20H14F6N2O4S/c21-19(22,23)12-8-13(20(24,25)26)10-15(9-12)33(30,31)28-17-6-2-1-5-16(17)18(29)27-11-14-4-3-7-32-14/h1-10,28H,11H2,(H,27,29). The van der Waals surface area contributed by atoms with Crippen molar-refractivity contribution >= 4 is 21.6 Å². The molecule has 0 bridgehead atoms. The van der Waals surface area contributed by atoms with E-state index in [4.69, 9.17) is 4.42 Å². The van der Waals surface area contributed by atoms with Crippen molar-refractivity contribution in [3.8, 4) is 0 Å². The van der Waals surface area contributed by atoms with Crippen LogP contribution in [0.25, 0.3) is 0 Å². The number of furan rings is 1. The lowest BCUT2D eigenvalue weighted by Crippen LogP contribution is -2.25. The monoisotopic (exact) mass is 492 g/mol. The van der Waals surface area contributed by atoms with Crippen LogP contribution in [0.1, 0.15) is 27.2 Å². The lowest BCUT2D eigenvalue weighted by molar-refractivity contribution is -0.143. The molecular weight excluding hydrogens is 478 g/mol. The molecule has 0 spiro atoms. The van der Waals surface area contributed by atoms with E-state index in [0.717, 1.165) is 6.07 Å². The summed E-state index contributed by atoms with van der Waals surface area (Å²) in [5.41, 5.74) is -4.14. The molecule has 13 heteroatoms. The minimum absolute atomic E-state index is 0.0461. The first-order chi connectivity index (χ1) is 15.3. The summed E-state index contributed by atoms with van der Waals surface area (Å²) in [4.78, 5) is 11.2. The van der Waals surface area contributed by atoms with Gasteiger partial charge in [-0.3, -0.25) is 9.52 Å². The number of hydrogen-bond acceptors (Lipinski definition) is 4. The van der Waals surface area contributed by atoms with Crippen molar-refractivity contribution in [1.29, 1.82) is 0 Å². The fourth-order valence-electron chi connectivity index (χ4n) is 2.73. The van der Waals surface area contributed by atoms with Gasteiger partial charge < -0.3 is 9.73 Å². The van der Waals surface area contributed by atoms with Crippen molar-refractivity contribution in [2.45, 2.75) is 23.8 Å². The lowest BCUT2D eigenvalue weighted by Gasteiger charge is -2.16. The highest BCUT2D eigenvalue weighted by molar-refractivity contribution is 7.92. The van der Waals surface area contributed by atoms with Gasteiger partial charge in [0, 0.05) is 0 Å². The van der Waals surface area contributed by atoms with Gasteiger partial charge in [-0.2, -0.15) is 26.3 Å². The maximum absolute atomic E-state index is 13.1. The normalized spacial score (nSPS) is 12.4. The number of carbonyl (C=O) groups is 1. The molecule has 1 heterocycles. The number of sulfonamides is 1. The second-order valence-electron chi connectivity index (χ2n) is 6.65. The molecule has 0 saturated carbocycles. The van der Waals surface area contributed by atoms with Gasteiger partial charge in [0.25, 0.3) is 15.9 Å². The topological polar surface area (TPSA) is 88.4 Å². The van der Waals surface area contributed by atoms with Gasteiger partial charge in [-0.05, 0) is 42.5 Å². The highest BCUT2D eigenvalue weighted by Gasteiger charge is 2.38. The van der Waals surface area contributed by atoms with Gasteiger partial charge >= 0.3 is 12.4 Å². The van der Waals surface area contributed by atoms with Crippen LogP contribution in [-0.4, -0.2) is 14.3 Å². The third-order valence-corrected chi connectivity index (χ3v) is 5.64. The number of para-hydroxylation sites is 1. The van der Waals surface area contributed by atoms with Crippen molar-refractivity contribution in [3.05, 3.63) is 83.3 Å². The molecule has 1 aromatic heterocycles. The first-order valence-electron chi connectivity index (χ1n) is 8.99. The van der Waals surface area contributed by atoms with Crippen LogP contribution in [0.4, 0.5) is 32.0 Å². The van der Waals surface area contributed by atoms with Crippen LogP contribution < -0.4 is 10.0 Å². The zero-order valence-corrected chi connectivity index (χ0v) is 17.1. The van der Waals surface area contributed by atoms with Gasteiger partial charge in [0.2, 0.25) is 0 Å². The quantitative estimate of drug-likeness (QED) is 0.472. The fourth-order valence-corrected chi connectivity index (χ4v) is 3.88. The van der Waals surface area contributed by atoms with Crippen molar-refractivity contribution in [2.75, 3.05) is 4.72 Å². The maximum atomic E-state index is 13.1. The Morgan fingerprint density at radius 2 is 1.48 bits per heavy atom. The van der Waals surface area contributed by atoms with Crippen LogP contribution in [0.5, 0.6) is 0 Å². The molecule has 176 valence electrons. The average Bonchev–Trinajstić information content (AvgIpc) is 3.24. The first kappa shape index (κ1) is 24.2. The number of nitrogens with one attached hydrogen (secondary N) is 2. The Hall–Kier alpha value is -3.48. The van der Waals surface area contributed by atoms with Gasteiger partial charge in [0.1, 0.15) is 5.76 Å². The highest BCUT2D eigenvalue weighted by Crippen LogP contribution is 2.37. The third-order valence-electron chi connectivity index (χ3n) is 4.29. The second-order valence-corrected chi connectivity index (χ2v) is 8.34. The summed E-state index contributed by atoms with van der Waals surface area (Å²) in [7, 11) is -4.94. The SMILES string of the molecule is O=C(NCc1ccco1)c1ccccc1NS(=O)(=O)c1cc(C(F)(F)F)cc(C(F)(F)F)c1. The van der Waals surface area contributed by atoms with E-state index in [1.807, 2.05) is 4.72 Å². The average molecular weight is 492 g/mol. The fraction of sp³-hybridized carbons (Fsp3) is 0.150. The predicted molar refractivity (Wildman–Crippen MR) is 104 cm³/mol. The summed E-state index contributed by atoms with van der Waals surface area (Å²) in [6.45, 7) is -0.0461. The van der Waals surface area contributed by atoms with Gasteiger partial charge in [-0.1, -0.05) is 12.1 Å². The van der Waals surface area contributed by atoms with Crippen LogP contribution in [0.3, 0.4) is 0 Å². The number of carbonyl (C=O) groups excluding carboxylic acids is 1. The number of benzene rings is 2. The minimum atomic E-state index is -5.23. The summed E-state index contributed by atoms with van der Waals surface area (Å²) >= 11 is 0. The van der Waals surface area contributed by atoms with Gasteiger partial charge in [0.15, 0.2) is 0 Å². The van der Waals surface area contributed by atoms with Crippen LogP contribution in [0, 0.1) is 0 Å². The second kappa shape index (κ2) is 8.81. The Morgan fingerprint density at radius 1 is 0.879 bits per heavy atom. The molecule has 3 rings (SSSR count). The molecule has 6 nitrogen and oxygen atoms in total. The molecule has 0 radical (unpaired) electrons. The largest absolute Gasteiger partial charge is 0.467 e. The van der Waals surface area contributed by atoms with Crippen LogP contribution >= 0.6 is 0 Å². The van der Waals surface area contributed by atoms with Crippen LogP contribution in [0.15, 0.2) is 70.2 Å². The smallest absolute Gasteiger partial charge is 0.416 e. The number of alkyl halides is 6. The predicted octanol–water partition coefficient (Wildman–Crippen LogP) is 5.05. The number of rotatable bonds is 6. The van der Waals surface area contributed by atoms with Crippen LogP contribution in [0.2, 0.25) is 0 Å². The lowest BCUT2D eigenvalue weighted by atomic mass is 10.1. The molecular formula is C20H14F6N2O4S. The zero-order chi connectivity index (χ0) is 24.4. The Bertz CT molecular complexity index is 1220. The van der Waals surface area contributed by atoms with Crippen molar-refractivity contribution < 1.29 is 44.0 Å². The molecule has 0 fully saturated rings. The number of halogens is 6. The Morgan fingerprint density at radius 3 is 2.03 bits per heavy atom. The van der Waals surface area contributed by atoms with E-state index in [2.05, 4.69) is 5.32 Å². The Labute approximate surface area is 183 Å². The highest BCUT2D eigenvalue weighted by atomic mass is 32.2. The minimum Gasteiger partial charge on any atom is -0.467 e. The summed E-state index contributed by atoms with van der Waals surface area (Å²) in [6, 6.07) is 8.21. The van der Waals surface area contributed by atoms with Gasteiger partial charge in [0.05, 0.1) is 40.1 Å². The number of amides is 1. The number of anilines is 1. The maximum Gasteiger partial charge on any atom is 0.416 e. The molecule has 0 aliphatic rings. The van der Waals surface area contributed by atoms with E-state index < -0.39 is 44.3 Å². The molecule has 0 saturated heterocycles. The van der Waals surface area contributed by atoms with E-state index in [1.54, 1.807) is 12.1 Å². The summed E-state index contributed by atoms with van der Waals surface area (Å²) in [6.07, 6.45) is -9.09. The van der Waals surface area contributed by atoms with E-state index >= 15 is 0 Å². The Balaban J connectivity index is 1.95. The van der Waals surface area contributed by atoms with Crippen molar-refractivity contribution in [1.82, 2.24) is 5.32 Å².